The smallest absolute Gasteiger partial charge is 0.253 e. The van der Waals surface area contributed by atoms with Gasteiger partial charge in [0, 0.05) is 54.4 Å². The van der Waals surface area contributed by atoms with Crippen molar-refractivity contribution >= 4 is 23.3 Å². The maximum absolute atomic E-state index is 12.9. The second kappa shape index (κ2) is 9.48. The first-order valence-electron chi connectivity index (χ1n) is 10.7. The number of carbonyl (C=O) groups is 1. The first-order chi connectivity index (χ1) is 15.0. The largest absolute Gasteiger partial charge is 0.354 e. The van der Waals surface area contributed by atoms with E-state index in [0.29, 0.717) is 6.54 Å². The Morgan fingerprint density at radius 3 is 2.42 bits per heavy atom. The molecule has 2 heterocycles. The minimum Gasteiger partial charge on any atom is -0.354 e. The number of hydrogen-bond donors (Lipinski definition) is 0. The Balaban J connectivity index is 1.56. The lowest BCUT2D eigenvalue weighted by Gasteiger charge is -2.26. The van der Waals surface area contributed by atoms with Crippen molar-refractivity contribution in [1.82, 2.24) is 14.9 Å². The van der Waals surface area contributed by atoms with E-state index in [1.807, 2.05) is 73.3 Å². The molecule has 0 radical (unpaired) electrons. The summed E-state index contributed by atoms with van der Waals surface area (Å²) in [5.41, 5.74) is 4.06. The molecular weight excluding hydrogens is 408 g/mol. The van der Waals surface area contributed by atoms with Crippen molar-refractivity contribution in [2.24, 2.45) is 0 Å². The molecule has 160 valence electrons. The molecule has 1 aliphatic rings. The van der Waals surface area contributed by atoms with Crippen LogP contribution >= 0.6 is 11.6 Å². The summed E-state index contributed by atoms with van der Waals surface area (Å²) in [6, 6.07) is 17.4. The molecule has 1 amide bonds. The van der Waals surface area contributed by atoms with E-state index in [1.54, 1.807) is 0 Å². The van der Waals surface area contributed by atoms with Crippen LogP contribution in [-0.4, -0.2) is 47.0 Å². The molecular formula is C25H27ClN4O. The Morgan fingerprint density at radius 1 is 0.935 bits per heavy atom. The minimum atomic E-state index is 0.0962. The molecule has 0 spiro atoms. The fraction of sp³-hybridized carbons (Fsp3) is 0.320. The number of rotatable bonds is 4. The van der Waals surface area contributed by atoms with Crippen LogP contribution in [0.5, 0.6) is 0 Å². The fourth-order valence-corrected chi connectivity index (χ4v) is 4.21. The predicted octanol–water partition coefficient (Wildman–Crippen LogP) is 4.69. The van der Waals surface area contributed by atoms with Gasteiger partial charge in [0.15, 0.2) is 0 Å². The van der Waals surface area contributed by atoms with Gasteiger partial charge in [-0.2, -0.15) is 0 Å². The van der Waals surface area contributed by atoms with Crippen molar-refractivity contribution in [1.29, 1.82) is 0 Å². The lowest BCUT2D eigenvalue weighted by molar-refractivity contribution is 0.0767. The number of amides is 1. The number of aryl methyl sites for hydroxylation is 2. The van der Waals surface area contributed by atoms with E-state index in [4.69, 9.17) is 16.6 Å². The second-order valence-corrected chi connectivity index (χ2v) is 8.40. The predicted molar refractivity (Wildman–Crippen MR) is 125 cm³/mol. The summed E-state index contributed by atoms with van der Waals surface area (Å²) >= 11 is 6.06. The maximum atomic E-state index is 12.9. The Labute approximate surface area is 188 Å². The van der Waals surface area contributed by atoms with Crippen molar-refractivity contribution < 1.29 is 4.79 Å². The monoisotopic (exact) mass is 434 g/mol. The molecule has 4 rings (SSSR count). The van der Waals surface area contributed by atoms with Crippen molar-refractivity contribution in [3.63, 3.8) is 0 Å². The number of benzene rings is 2. The average Bonchev–Trinajstić information content (AvgIpc) is 3.03. The van der Waals surface area contributed by atoms with Crippen LogP contribution < -0.4 is 4.90 Å². The summed E-state index contributed by atoms with van der Waals surface area (Å²) in [4.78, 5) is 26.6. The van der Waals surface area contributed by atoms with Gasteiger partial charge in [0.2, 0.25) is 0 Å². The van der Waals surface area contributed by atoms with Crippen LogP contribution in [0.2, 0.25) is 5.02 Å². The number of nitrogens with zero attached hydrogens (tertiary/aromatic N) is 4. The minimum absolute atomic E-state index is 0.0962. The van der Waals surface area contributed by atoms with E-state index in [0.717, 1.165) is 66.0 Å². The van der Waals surface area contributed by atoms with Gasteiger partial charge in [-0.15, -0.1) is 0 Å². The van der Waals surface area contributed by atoms with Gasteiger partial charge in [0.05, 0.1) is 0 Å². The zero-order chi connectivity index (χ0) is 21.8. The summed E-state index contributed by atoms with van der Waals surface area (Å²) < 4.78 is 0. The normalized spacial score (nSPS) is 14.4. The van der Waals surface area contributed by atoms with Gasteiger partial charge in [-0.05, 0) is 50.1 Å². The Hall–Kier alpha value is -2.92. The maximum Gasteiger partial charge on any atom is 0.253 e. The third-order valence-corrected chi connectivity index (χ3v) is 5.95. The van der Waals surface area contributed by atoms with Gasteiger partial charge in [0.25, 0.3) is 5.91 Å². The molecule has 0 atom stereocenters. The first-order valence-corrected chi connectivity index (χ1v) is 11.1. The number of carbonyl (C=O) groups excluding carboxylic acids is 1. The highest BCUT2D eigenvalue weighted by molar-refractivity contribution is 6.30. The standard InChI is InChI=1S/C25H27ClN4O/c1-18-23(17-20-9-11-22(26)12-10-20)24(28-19(2)27-18)29-13-6-14-30(16-15-29)25(31)21-7-4-3-5-8-21/h3-5,7-12H,6,13-17H2,1-2H3. The molecule has 0 aliphatic carbocycles. The second-order valence-electron chi connectivity index (χ2n) is 7.96. The summed E-state index contributed by atoms with van der Waals surface area (Å²) in [7, 11) is 0. The third kappa shape index (κ3) is 5.05. The van der Waals surface area contributed by atoms with Crippen LogP contribution in [0.25, 0.3) is 0 Å². The van der Waals surface area contributed by atoms with E-state index in [-0.39, 0.29) is 5.91 Å². The van der Waals surface area contributed by atoms with E-state index in [2.05, 4.69) is 9.88 Å². The Kier molecular flexibility index (Phi) is 6.52. The van der Waals surface area contributed by atoms with Crippen LogP contribution in [0.4, 0.5) is 5.82 Å². The van der Waals surface area contributed by atoms with Crippen LogP contribution in [0.3, 0.4) is 0 Å². The third-order valence-electron chi connectivity index (χ3n) is 5.70. The lowest BCUT2D eigenvalue weighted by Crippen LogP contribution is -2.35. The van der Waals surface area contributed by atoms with Gasteiger partial charge >= 0.3 is 0 Å². The number of halogens is 1. The van der Waals surface area contributed by atoms with Gasteiger partial charge in [-0.1, -0.05) is 41.9 Å². The molecule has 0 unspecified atom stereocenters. The molecule has 6 heteroatoms. The SMILES string of the molecule is Cc1nc(C)c(Cc2ccc(Cl)cc2)c(N2CCCN(C(=O)c3ccccc3)CC2)n1. The van der Waals surface area contributed by atoms with Crippen LogP contribution in [-0.2, 0) is 6.42 Å². The molecule has 31 heavy (non-hydrogen) atoms. The first kappa shape index (κ1) is 21.3. The summed E-state index contributed by atoms with van der Waals surface area (Å²) in [5, 5.41) is 0.733. The summed E-state index contributed by atoms with van der Waals surface area (Å²) in [6.07, 6.45) is 1.66. The van der Waals surface area contributed by atoms with E-state index in [1.165, 1.54) is 5.56 Å². The van der Waals surface area contributed by atoms with Crippen molar-refractivity contribution in [3.05, 3.63) is 87.8 Å². The van der Waals surface area contributed by atoms with E-state index >= 15 is 0 Å². The van der Waals surface area contributed by atoms with E-state index in [9.17, 15) is 4.79 Å². The van der Waals surface area contributed by atoms with Crippen LogP contribution in [0.1, 0.15) is 39.4 Å². The highest BCUT2D eigenvalue weighted by atomic mass is 35.5. The van der Waals surface area contributed by atoms with Gasteiger partial charge in [-0.25, -0.2) is 9.97 Å². The summed E-state index contributed by atoms with van der Waals surface area (Å²) in [6.45, 7) is 7.03. The van der Waals surface area contributed by atoms with Gasteiger partial charge in [-0.3, -0.25) is 4.79 Å². The lowest BCUT2D eigenvalue weighted by atomic mass is 10.0. The van der Waals surface area contributed by atoms with Gasteiger partial charge < -0.3 is 9.80 Å². The molecule has 2 aromatic carbocycles. The molecule has 3 aromatic rings. The van der Waals surface area contributed by atoms with Crippen LogP contribution in [0.15, 0.2) is 54.6 Å². The molecule has 0 saturated carbocycles. The molecule has 1 aromatic heterocycles. The fourth-order valence-electron chi connectivity index (χ4n) is 4.09. The van der Waals surface area contributed by atoms with Gasteiger partial charge in [0.1, 0.15) is 11.6 Å². The average molecular weight is 435 g/mol. The van der Waals surface area contributed by atoms with Crippen molar-refractivity contribution in [2.45, 2.75) is 26.7 Å². The number of aromatic nitrogens is 2. The topological polar surface area (TPSA) is 49.3 Å². The molecule has 1 aliphatic heterocycles. The quantitative estimate of drug-likeness (QED) is 0.597. The van der Waals surface area contributed by atoms with Crippen LogP contribution in [0, 0.1) is 13.8 Å². The number of anilines is 1. The van der Waals surface area contributed by atoms with Crippen molar-refractivity contribution in [2.75, 3.05) is 31.1 Å². The molecule has 0 bridgehead atoms. The Bertz CT molecular complexity index is 1050. The zero-order valence-electron chi connectivity index (χ0n) is 18.0. The zero-order valence-corrected chi connectivity index (χ0v) is 18.8. The van der Waals surface area contributed by atoms with E-state index < -0.39 is 0 Å². The molecule has 1 fully saturated rings. The van der Waals surface area contributed by atoms with Crippen molar-refractivity contribution in [3.8, 4) is 0 Å². The summed E-state index contributed by atoms with van der Waals surface area (Å²) in [5.74, 6) is 1.85. The number of hydrogen-bond acceptors (Lipinski definition) is 4. The highest BCUT2D eigenvalue weighted by Crippen LogP contribution is 2.26. The molecule has 1 saturated heterocycles. The highest BCUT2D eigenvalue weighted by Gasteiger charge is 2.23. The molecule has 0 N–H and O–H groups in total. The molecule has 5 nitrogen and oxygen atoms in total. The Morgan fingerprint density at radius 2 is 1.68 bits per heavy atom.